The standard InChI is InChI=1S/C4H14SeSi2/c1-6(2)5-7(3)4/h6-7H,1-4H3. The monoisotopic (exact) mass is 198 g/mol. The summed E-state index contributed by atoms with van der Waals surface area (Å²) in [6.45, 7) is 9.86. The predicted octanol–water partition coefficient (Wildman–Crippen LogP) is 0.657. The molecular weight excluding hydrogens is 183 g/mol. The van der Waals surface area contributed by atoms with Gasteiger partial charge in [-0.3, -0.25) is 0 Å². The van der Waals surface area contributed by atoms with E-state index in [9.17, 15) is 0 Å². The van der Waals surface area contributed by atoms with Gasteiger partial charge in [-0.25, -0.2) is 0 Å². The van der Waals surface area contributed by atoms with Gasteiger partial charge in [-0.2, -0.15) is 0 Å². The Bertz CT molecular complexity index is 39.0. The zero-order chi connectivity index (χ0) is 5.86. The van der Waals surface area contributed by atoms with E-state index in [4.69, 9.17) is 0 Å². The molecule has 0 amide bonds. The molecule has 0 N–H and O–H groups in total. The van der Waals surface area contributed by atoms with Gasteiger partial charge in [0.15, 0.2) is 0 Å². The molecule has 0 radical (unpaired) electrons. The van der Waals surface area contributed by atoms with E-state index in [0.717, 1.165) is 13.7 Å². The molecule has 0 saturated carbocycles. The Morgan fingerprint density at radius 3 is 1.14 bits per heavy atom. The molecule has 0 saturated heterocycles. The molecular formula is C4H14SeSi2. The van der Waals surface area contributed by atoms with Crippen LogP contribution in [0.5, 0.6) is 0 Å². The van der Waals surface area contributed by atoms with Crippen LogP contribution < -0.4 is 0 Å². The van der Waals surface area contributed by atoms with Crippen LogP contribution in [0.1, 0.15) is 0 Å². The van der Waals surface area contributed by atoms with Crippen LogP contribution in [0, 0.1) is 0 Å². The van der Waals surface area contributed by atoms with Gasteiger partial charge in [0.2, 0.25) is 0 Å². The summed E-state index contributed by atoms with van der Waals surface area (Å²) in [5, 5.41) is 0. The Labute approximate surface area is 55.0 Å². The van der Waals surface area contributed by atoms with Crippen molar-refractivity contribution >= 4 is 28.5 Å². The summed E-state index contributed by atoms with van der Waals surface area (Å²) in [6, 6.07) is 0. The van der Waals surface area contributed by atoms with E-state index < -0.39 is 0 Å². The van der Waals surface area contributed by atoms with Gasteiger partial charge in [-0.05, 0) is 0 Å². The Balaban J connectivity index is 2.95. The van der Waals surface area contributed by atoms with Crippen molar-refractivity contribution in [2.75, 3.05) is 0 Å². The van der Waals surface area contributed by atoms with Gasteiger partial charge < -0.3 is 0 Å². The summed E-state index contributed by atoms with van der Waals surface area (Å²) in [6.07, 6.45) is 0. The second-order valence-electron chi connectivity index (χ2n) is 2.23. The normalized spacial score (nSPS) is 11.1. The van der Waals surface area contributed by atoms with Gasteiger partial charge in [-0.15, -0.1) is 0 Å². The third-order valence-corrected chi connectivity index (χ3v) is 25.5. The number of rotatable bonds is 2. The maximum atomic E-state index is 2.47. The first kappa shape index (κ1) is 7.95. The van der Waals surface area contributed by atoms with Gasteiger partial charge in [0.1, 0.15) is 0 Å². The van der Waals surface area contributed by atoms with Crippen molar-refractivity contribution in [1.82, 2.24) is 0 Å². The summed E-state index contributed by atoms with van der Waals surface area (Å²) >= 11 is 1.15. The Hall–Kier alpha value is 0.953. The molecule has 0 heterocycles. The molecule has 0 aliphatic rings. The van der Waals surface area contributed by atoms with Crippen molar-refractivity contribution in [1.29, 1.82) is 0 Å². The van der Waals surface area contributed by atoms with Gasteiger partial charge in [-0.1, -0.05) is 0 Å². The molecule has 7 heavy (non-hydrogen) atoms. The average molecular weight is 197 g/mol. The first-order valence-electron chi connectivity index (χ1n) is 2.78. The first-order valence-corrected chi connectivity index (χ1v) is 14.3. The van der Waals surface area contributed by atoms with E-state index in [1.807, 2.05) is 0 Å². The van der Waals surface area contributed by atoms with Crippen molar-refractivity contribution < 1.29 is 0 Å². The Morgan fingerprint density at radius 1 is 0.857 bits per heavy atom. The van der Waals surface area contributed by atoms with E-state index in [1.54, 1.807) is 0 Å². The minimum atomic E-state index is -0.104. The van der Waals surface area contributed by atoms with Crippen LogP contribution in [0.4, 0.5) is 0 Å². The van der Waals surface area contributed by atoms with Gasteiger partial charge in [0, 0.05) is 0 Å². The molecule has 0 aliphatic heterocycles. The second kappa shape index (κ2) is 3.90. The molecule has 0 aliphatic carbocycles. The fourth-order valence-corrected chi connectivity index (χ4v) is 25.5. The van der Waals surface area contributed by atoms with E-state index in [0.29, 0.717) is 0 Å². The zero-order valence-electron chi connectivity index (χ0n) is 5.56. The van der Waals surface area contributed by atoms with Crippen molar-refractivity contribution in [2.45, 2.75) is 26.2 Å². The van der Waals surface area contributed by atoms with Crippen molar-refractivity contribution in [2.24, 2.45) is 0 Å². The second-order valence-corrected chi connectivity index (χ2v) is 24.5. The molecule has 0 nitrogen and oxygen atoms in total. The van der Waals surface area contributed by atoms with Crippen LogP contribution in [-0.4, -0.2) is 28.5 Å². The molecule has 0 spiro atoms. The zero-order valence-corrected chi connectivity index (χ0v) is 9.59. The fraction of sp³-hybridized carbons (Fsp3) is 1.00. The van der Waals surface area contributed by atoms with Gasteiger partial charge in [0.05, 0.1) is 0 Å². The van der Waals surface area contributed by atoms with Crippen LogP contribution in [0.15, 0.2) is 0 Å². The summed E-state index contributed by atoms with van der Waals surface area (Å²) in [5.74, 6) is 0. The fourth-order valence-electron chi connectivity index (χ4n) is 0.544. The van der Waals surface area contributed by atoms with Crippen molar-refractivity contribution in [3.05, 3.63) is 0 Å². The average Bonchev–Trinajstić information content (AvgIpc) is 1.27. The molecule has 0 bridgehead atoms. The van der Waals surface area contributed by atoms with Crippen LogP contribution in [0.3, 0.4) is 0 Å². The quantitative estimate of drug-likeness (QED) is 0.570. The van der Waals surface area contributed by atoms with Crippen molar-refractivity contribution in [3.8, 4) is 0 Å². The summed E-state index contributed by atoms with van der Waals surface area (Å²) in [7, 11) is -0.208. The van der Waals surface area contributed by atoms with E-state index in [2.05, 4.69) is 26.2 Å². The Kier molecular flexibility index (Phi) is 4.43. The third kappa shape index (κ3) is 6.95. The molecule has 44 valence electrons. The van der Waals surface area contributed by atoms with E-state index >= 15 is 0 Å². The van der Waals surface area contributed by atoms with Crippen LogP contribution in [0.2, 0.25) is 26.2 Å². The molecule has 0 aromatic heterocycles. The van der Waals surface area contributed by atoms with Crippen LogP contribution in [0.25, 0.3) is 0 Å². The van der Waals surface area contributed by atoms with E-state index in [-0.39, 0.29) is 14.8 Å². The summed E-state index contributed by atoms with van der Waals surface area (Å²) in [4.78, 5) is 0. The summed E-state index contributed by atoms with van der Waals surface area (Å²) in [5.41, 5.74) is 0. The molecule has 0 aromatic carbocycles. The molecule has 0 aromatic rings. The minimum absolute atomic E-state index is 0.104. The van der Waals surface area contributed by atoms with E-state index in [1.165, 1.54) is 0 Å². The van der Waals surface area contributed by atoms with Crippen LogP contribution in [-0.2, 0) is 0 Å². The first-order chi connectivity index (χ1) is 3.13. The number of hydrogen-bond acceptors (Lipinski definition) is 0. The maximum absolute atomic E-state index is 2.47. The SMILES string of the molecule is C[SiH](C)[Se][SiH](C)C. The predicted molar refractivity (Wildman–Crippen MR) is 43.5 cm³/mol. The molecule has 0 rings (SSSR count). The van der Waals surface area contributed by atoms with Crippen LogP contribution >= 0.6 is 0 Å². The third-order valence-electron chi connectivity index (χ3n) is 0.544. The Morgan fingerprint density at radius 2 is 1.14 bits per heavy atom. The summed E-state index contributed by atoms with van der Waals surface area (Å²) < 4.78 is 0. The topological polar surface area (TPSA) is 0 Å². The van der Waals surface area contributed by atoms with Crippen molar-refractivity contribution in [3.63, 3.8) is 0 Å². The molecule has 0 unspecified atom stereocenters. The number of hydrogen-bond donors (Lipinski definition) is 0. The van der Waals surface area contributed by atoms with Gasteiger partial charge >= 0.3 is 54.7 Å². The van der Waals surface area contributed by atoms with Gasteiger partial charge in [0.25, 0.3) is 0 Å². The molecule has 3 heteroatoms. The molecule has 0 fully saturated rings. The molecule has 0 atom stereocenters.